The minimum Gasteiger partial charge on any atom is -0.213 e. The Hall–Kier alpha value is -0.0900. The number of hydrogen-bond acceptors (Lipinski definition) is 2. The standard InChI is InChI=1S/C8H17NO2S/c1-8(2,3)7-5-9(6-7)12(4,10)11/h7H,5-6H2,1-4H3. The maximum Gasteiger partial charge on any atom is 0.211 e. The van der Waals surface area contributed by atoms with Gasteiger partial charge in [0.15, 0.2) is 0 Å². The zero-order valence-electron chi connectivity index (χ0n) is 8.16. The molecule has 1 heterocycles. The highest BCUT2D eigenvalue weighted by Crippen LogP contribution is 2.34. The molecule has 0 aromatic carbocycles. The Kier molecular flexibility index (Phi) is 2.25. The molecule has 0 aliphatic carbocycles. The second-order valence-electron chi connectivity index (χ2n) is 4.64. The lowest BCUT2D eigenvalue weighted by Crippen LogP contribution is -2.53. The van der Waals surface area contributed by atoms with Crippen molar-refractivity contribution < 1.29 is 8.42 Å². The molecule has 4 heteroatoms. The lowest BCUT2D eigenvalue weighted by atomic mass is 9.77. The van der Waals surface area contributed by atoms with Crippen LogP contribution in [0.3, 0.4) is 0 Å². The van der Waals surface area contributed by atoms with E-state index in [-0.39, 0.29) is 5.41 Å². The van der Waals surface area contributed by atoms with Gasteiger partial charge in [0.25, 0.3) is 0 Å². The molecule has 0 bridgehead atoms. The number of hydrogen-bond donors (Lipinski definition) is 0. The molecule has 1 aliphatic heterocycles. The Bertz CT molecular complexity index is 257. The van der Waals surface area contributed by atoms with E-state index in [0.717, 1.165) is 0 Å². The molecule has 0 saturated carbocycles. The highest BCUT2D eigenvalue weighted by atomic mass is 32.2. The molecule has 1 fully saturated rings. The molecule has 1 saturated heterocycles. The van der Waals surface area contributed by atoms with Gasteiger partial charge in [-0.3, -0.25) is 0 Å². The Morgan fingerprint density at radius 1 is 1.25 bits per heavy atom. The number of rotatable bonds is 1. The summed E-state index contributed by atoms with van der Waals surface area (Å²) in [7, 11) is -2.93. The van der Waals surface area contributed by atoms with Crippen molar-refractivity contribution in [1.82, 2.24) is 4.31 Å². The first-order valence-corrected chi connectivity index (χ1v) is 6.01. The van der Waals surface area contributed by atoms with Crippen LogP contribution >= 0.6 is 0 Å². The SMILES string of the molecule is CC(C)(C)C1CN(S(C)(=O)=O)C1. The normalized spacial score (nSPS) is 22.3. The lowest BCUT2D eigenvalue weighted by Gasteiger charge is -2.44. The molecule has 0 amide bonds. The molecule has 0 unspecified atom stereocenters. The van der Waals surface area contributed by atoms with Crippen LogP contribution in [-0.2, 0) is 10.0 Å². The Morgan fingerprint density at radius 3 is 1.92 bits per heavy atom. The highest BCUT2D eigenvalue weighted by molar-refractivity contribution is 7.88. The second kappa shape index (κ2) is 2.70. The minimum absolute atomic E-state index is 0.237. The fraction of sp³-hybridized carbons (Fsp3) is 1.00. The van der Waals surface area contributed by atoms with Crippen LogP contribution < -0.4 is 0 Å². The van der Waals surface area contributed by atoms with Gasteiger partial charge in [-0.25, -0.2) is 12.7 Å². The van der Waals surface area contributed by atoms with E-state index >= 15 is 0 Å². The summed E-state index contributed by atoms with van der Waals surface area (Å²) in [5.74, 6) is 0.521. The lowest BCUT2D eigenvalue weighted by molar-refractivity contribution is 0.0892. The molecule has 0 radical (unpaired) electrons. The predicted octanol–water partition coefficient (Wildman–Crippen LogP) is 0.924. The Balaban J connectivity index is 2.50. The van der Waals surface area contributed by atoms with Crippen molar-refractivity contribution in [3.8, 4) is 0 Å². The second-order valence-corrected chi connectivity index (χ2v) is 6.63. The van der Waals surface area contributed by atoms with Gasteiger partial charge in [0.05, 0.1) is 6.26 Å². The van der Waals surface area contributed by atoms with E-state index in [1.807, 2.05) is 0 Å². The summed E-state index contributed by atoms with van der Waals surface area (Å²) in [5, 5.41) is 0. The van der Waals surface area contributed by atoms with Gasteiger partial charge in [-0.05, 0) is 11.3 Å². The van der Waals surface area contributed by atoms with Crippen LogP contribution in [0, 0.1) is 11.3 Å². The molecule has 12 heavy (non-hydrogen) atoms. The van der Waals surface area contributed by atoms with Crippen molar-refractivity contribution in [1.29, 1.82) is 0 Å². The summed E-state index contributed by atoms with van der Waals surface area (Å²) in [6.45, 7) is 7.84. The van der Waals surface area contributed by atoms with Gasteiger partial charge in [0.2, 0.25) is 10.0 Å². The van der Waals surface area contributed by atoms with Gasteiger partial charge in [-0.15, -0.1) is 0 Å². The first-order chi connectivity index (χ1) is 5.21. The zero-order chi connectivity index (χ0) is 9.57. The van der Waals surface area contributed by atoms with Gasteiger partial charge < -0.3 is 0 Å². The van der Waals surface area contributed by atoms with E-state index in [1.54, 1.807) is 0 Å². The van der Waals surface area contributed by atoms with E-state index in [1.165, 1.54) is 10.6 Å². The van der Waals surface area contributed by atoms with Gasteiger partial charge >= 0.3 is 0 Å². The molecule has 3 nitrogen and oxygen atoms in total. The largest absolute Gasteiger partial charge is 0.213 e. The van der Waals surface area contributed by atoms with E-state index in [0.29, 0.717) is 19.0 Å². The summed E-state index contributed by atoms with van der Waals surface area (Å²) < 4.78 is 23.6. The smallest absolute Gasteiger partial charge is 0.211 e. The van der Waals surface area contributed by atoms with Gasteiger partial charge in [-0.2, -0.15) is 0 Å². The average Bonchev–Trinajstić information content (AvgIpc) is 1.46. The fourth-order valence-electron chi connectivity index (χ4n) is 1.26. The van der Waals surface area contributed by atoms with Crippen molar-refractivity contribution in [2.24, 2.45) is 11.3 Å². The van der Waals surface area contributed by atoms with Crippen molar-refractivity contribution in [2.45, 2.75) is 20.8 Å². The summed E-state index contributed by atoms with van der Waals surface area (Å²) in [6.07, 6.45) is 1.27. The quantitative estimate of drug-likeness (QED) is 0.618. The summed E-state index contributed by atoms with van der Waals surface area (Å²) in [6, 6.07) is 0. The molecule has 0 N–H and O–H groups in total. The van der Waals surface area contributed by atoms with E-state index < -0.39 is 10.0 Å². The molecular formula is C8H17NO2S. The van der Waals surface area contributed by atoms with E-state index in [2.05, 4.69) is 20.8 Å². The molecule has 1 aliphatic rings. The van der Waals surface area contributed by atoms with Crippen LogP contribution in [0.15, 0.2) is 0 Å². The van der Waals surface area contributed by atoms with Gasteiger partial charge in [0.1, 0.15) is 0 Å². The molecule has 0 atom stereocenters. The van der Waals surface area contributed by atoms with Crippen molar-refractivity contribution in [3.63, 3.8) is 0 Å². The van der Waals surface area contributed by atoms with Gasteiger partial charge in [0, 0.05) is 13.1 Å². The van der Waals surface area contributed by atoms with Crippen LogP contribution in [0.2, 0.25) is 0 Å². The van der Waals surface area contributed by atoms with Crippen LogP contribution in [0.1, 0.15) is 20.8 Å². The van der Waals surface area contributed by atoms with Crippen LogP contribution in [0.4, 0.5) is 0 Å². The van der Waals surface area contributed by atoms with Crippen LogP contribution in [0.5, 0.6) is 0 Å². The zero-order valence-corrected chi connectivity index (χ0v) is 8.98. The van der Waals surface area contributed by atoms with E-state index in [4.69, 9.17) is 0 Å². The number of nitrogens with zero attached hydrogens (tertiary/aromatic N) is 1. The highest BCUT2D eigenvalue weighted by Gasteiger charge is 2.39. The average molecular weight is 191 g/mol. The minimum atomic E-state index is -2.93. The number of sulfonamides is 1. The van der Waals surface area contributed by atoms with Gasteiger partial charge in [-0.1, -0.05) is 20.8 Å². The Labute approximate surface area is 74.8 Å². The molecule has 0 spiro atoms. The third-order valence-corrected chi connectivity index (χ3v) is 3.78. The third kappa shape index (κ3) is 1.98. The fourth-order valence-corrected chi connectivity index (χ4v) is 2.16. The van der Waals surface area contributed by atoms with Crippen molar-refractivity contribution >= 4 is 10.0 Å². The molecule has 0 aromatic rings. The first kappa shape index (κ1) is 9.99. The Morgan fingerprint density at radius 2 is 1.67 bits per heavy atom. The van der Waals surface area contributed by atoms with E-state index in [9.17, 15) is 8.42 Å². The maximum atomic E-state index is 11.0. The predicted molar refractivity (Wildman–Crippen MR) is 49.4 cm³/mol. The van der Waals surface area contributed by atoms with Crippen molar-refractivity contribution in [2.75, 3.05) is 19.3 Å². The maximum absolute atomic E-state index is 11.0. The van der Waals surface area contributed by atoms with Crippen molar-refractivity contribution in [3.05, 3.63) is 0 Å². The first-order valence-electron chi connectivity index (χ1n) is 4.16. The molecular weight excluding hydrogens is 174 g/mol. The molecule has 1 rings (SSSR count). The topological polar surface area (TPSA) is 37.4 Å². The molecule has 72 valence electrons. The van der Waals surface area contributed by atoms with Crippen LogP contribution in [0.25, 0.3) is 0 Å². The monoisotopic (exact) mass is 191 g/mol. The summed E-state index contributed by atoms with van der Waals surface area (Å²) >= 11 is 0. The summed E-state index contributed by atoms with van der Waals surface area (Å²) in [5.41, 5.74) is 0.237. The molecule has 0 aromatic heterocycles. The third-order valence-electron chi connectivity index (χ3n) is 2.54. The summed E-state index contributed by atoms with van der Waals surface area (Å²) in [4.78, 5) is 0. The van der Waals surface area contributed by atoms with Crippen LogP contribution in [-0.4, -0.2) is 32.1 Å².